The van der Waals surface area contributed by atoms with Crippen LogP contribution in [0.25, 0.3) is 56.6 Å². The first-order chi connectivity index (χ1) is 18.6. The predicted molar refractivity (Wildman–Crippen MR) is 173 cm³/mol. The molecule has 2 aromatic heterocycles. The Morgan fingerprint density at radius 2 is 0.763 bits per heavy atom. The molecule has 2 heterocycles. The fraction of sp³-hybridized carbons (Fsp3) is 0.0556. The molecule has 0 nitrogen and oxygen atoms in total. The second-order valence-electron chi connectivity index (χ2n) is 9.71. The molecule has 0 atom stereocenters. The van der Waals surface area contributed by atoms with E-state index >= 15 is 0 Å². The van der Waals surface area contributed by atoms with Gasteiger partial charge >= 0.3 is 0 Å². The van der Waals surface area contributed by atoms with Crippen molar-refractivity contribution in [2.24, 2.45) is 0 Å². The maximum Gasteiger partial charge on any atom is 0.0355 e. The Morgan fingerprint density at radius 3 is 1.18 bits per heavy atom. The van der Waals surface area contributed by atoms with E-state index in [9.17, 15) is 0 Å². The minimum atomic E-state index is 1.23. The lowest BCUT2D eigenvalue weighted by atomic mass is 10.1. The molecular weight excluding hydrogens is 497 g/mol. The van der Waals surface area contributed by atoms with E-state index < -0.39 is 0 Å². The van der Waals surface area contributed by atoms with E-state index in [-0.39, 0.29) is 0 Å². The summed E-state index contributed by atoms with van der Waals surface area (Å²) in [6.07, 6.45) is 13.2. The molecule has 0 aliphatic heterocycles. The lowest BCUT2D eigenvalue weighted by Crippen LogP contribution is -1.74. The Labute approximate surface area is 232 Å². The van der Waals surface area contributed by atoms with Gasteiger partial charge in [-0.2, -0.15) is 0 Å². The summed E-state index contributed by atoms with van der Waals surface area (Å²) in [5, 5.41) is 2.59. The molecule has 0 saturated carbocycles. The molecular formula is C36H28S2. The third-order valence-electron chi connectivity index (χ3n) is 6.63. The van der Waals surface area contributed by atoms with E-state index in [1.54, 1.807) is 0 Å². The first-order valence-corrected chi connectivity index (χ1v) is 14.5. The van der Waals surface area contributed by atoms with Crippen LogP contribution in [-0.4, -0.2) is 0 Å². The van der Waals surface area contributed by atoms with Crippen LogP contribution in [0.4, 0.5) is 0 Å². The van der Waals surface area contributed by atoms with Crippen LogP contribution in [0, 0.1) is 13.8 Å². The van der Waals surface area contributed by atoms with Crippen LogP contribution in [0.1, 0.15) is 43.1 Å². The molecule has 0 spiro atoms. The molecule has 0 amide bonds. The zero-order valence-electron chi connectivity index (χ0n) is 21.5. The Morgan fingerprint density at radius 1 is 0.395 bits per heavy atom. The molecule has 6 aromatic rings. The average molecular weight is 525 g/mol. The molecule has 0 fully saturated rings. The number of aryl methyl sites for hydroxylation is 2. The summed E-state index contributed by atoms with van der Waals surface area (Å²) in [5.41, 5.74) is 7.48. The van der Waals surface area contributed by atoms with Gasteiger partial charge in [-0.1, -0.05) is 108 Å². The van der Waals surface area contributed by atoms with Gasteiger partial charge in [0.25, 0.3) is 0 Å². The fourth-order valence-electron chi connectivity index (χ4n) is 4.41. The van der Waals surface area contributed by atoms with Crippen LogP contribution in [0.2, 0.25) is 0 Å². The Balaban J connectivity index is 1.17. The summed E-state index contributed by atoms with van der Waals surface area (Å²) in [4.78, 5) is 2.55. The van der Waals surface area contributed by atoms with Crippen LogP contribution in [-0.2, 0) is 0 Å². The maximum absolute atomic E-state index is 2.28. The van der Waals surface area contributed by atoms with Crippen molar-refractivity contribution in [1.82, 2.24) is 0 Å². The van der Waals surface area contributed by atoms with Crippen molar-refractivity contribution in [2.45, 2.75) is 13.8 Å². The number of fused-ring (bicyclic) bond motifs is 2. The predicted octanol–water partition coefficient (Wildman–Crippen LogP) is 11.2. The van der Waals surface area contributed by atoms with Gasteiger partial charge < -0.3 is 0 Å². The SMILES string of the molecule is Cc1ccc(C=Cc2ccc3cc(C=Cc4cc5ccc(C=Cc6ccc(C)cc6)cc5s4)sc3c2)cc1. The summed E-state index contributed by atoms with van der Waals surface area (Å²) < 4.78 is 2.63. The standard InChI is InChI=1S/C36H28S2/c1-25-3-7-27(8-4-25)11-13-29-15-17-31-23-33(37-35(31)21-29)19-20-34-24-32-18-16-30(22-36(32)38-34)14-12-28-9-5-26(2)6-10-28/h3-24H,1-2H3. The minimum Gasteiger partial charge on any atom is -0.136 e. The summed E-state index contributed by atoms with van der Waals surface area (Å²) in [5.74, 6) is 0. The molecule has 0 aliphatic rings. The molecule has 38 heavy (non-hydrogen) atoms. The highest BCUT2D eigenvalue weighted by Crippen LogP contribution is 2.31. The molecule has 0 unspecified atom stereocenters. The number of thiophene rings is 2. The van der Waals surface area contributed by atoms with Gasteiger partial charge in [0.15, 0.2) is 0 Å². The van der Waals surface area contributed by atoms with Crippen LogP contribution < -0.4 is 0 Å². The zero-order chi connectivity index (χ0) is 25.9. The smallest absolute Gasteiger partial charge is 0.0355 e. The van der Waals surface area contributed by atoms with Crippen molar-refractivity contribution in [3.8, 4) is 0 Å². The molecule has 0 N–H and O–H groups in total. The highest BCUT2D eigenvalue weighted by atomic mass is 32.1. The molecule has 0 radical (unpaired) electrons. The minimum absolute atomic E-state index is 1.23. The zero-order valence-corrected chi connectivity index (χ0v) is 23.2. The van der Waals surface area contributed by atoms with E-state index in [1.165, 1.54) is 63.3 Å². The number of hydrogen-bond donors (Lipinski definition) is 0. The van der Waals surface area contributed by atoms with Crippen LogP contribution >= 0.6 is 22.7 Å². The largest absolute Gasteiger partial charge is 0.136 e. The normalized spacial score (nSPS) is 12.2. The number of rotatable bonds is 6. The van der Waals surface area contributed by atoms with Gasteiger partial charge in [0.1, 0.15) is 0 Å². The molecule has 2 heteroatoms. The number of benzene rings is 4. The van der Waals surface area contributed by atoms with E-state index in [0.29, 0.717) is 0 Å². The van der Waals surface area contributed by atoms with E-state index in [2.05, 4.69) is 147 Å². The first kappa shape index (κ1) is 24.4. The van der Waals surface area contributed by atoms with Crippen molar-refractivity contribution < 1.29 is 0 Å². The third-order valence-corrected chi connectivity index (χ3v) is 8.76. The van der Waals surface area contributed by atoms with Gasteiger partial charge in [-0.25, -0.2) is 0 Å². The molecule has 0 bridgehead atoms. The third kappa shape index (κ3) is 5.78. The number of hydrogen-bond acceptors (Lipinski definition) is 2. The van der Waals surface area contributed by atoms with Gasteiger partial charge in [0.05, 0.1) is 0 Å². The van der Waals surface area contributed by atoms with Gasteiger partial charge in [-0.3, -0.25) is 0 Å². The highest BCUT2D eigenvalue weighted by molar-refractivity contribution is 7.20. The fourth-order valence-corrected chi connectivity index (χ4v) is 6.44. The lowest BCUT2D eigenvalue weighted by Gasteiger charge is -1.96. The quantitative estimate of drug-likeness (QED) is 0.190. The Kier molecular flexibility index (Phi) is 6.92. The van der Waals surface area contributed by atoms with Crippen molar-refractivity contribution in [3.05, 3.63) is 140 Å². The molecule has 0 saturated heterocycles. The lowest BCUT2D eigenvalue weighted by molar-refractivity contribution is 1.46. The van der Waals surface area contributed by atoms with E-state index in [0.717, 1.165) is 0 Å². The van der Waals surface area contributed by atoms with Crippen molar-refractivity contribution in [2.75, 3.05) is 0 Å². The second kappa shape index (κ2) is 10.8. The first-order valence-electron chi connectivity index (χ1n) is 12.8. The van der Waals surface area contributed by atoms with Crippen LogP contribution in [0.5, 0.6) is 0 Å². The van der Waals surface area contributed by atoms with Gasteiger partial charge in [0.2, 0.25) is 0 Å². The monoisotopic (exact) mass is 524 g/mol. The van der Waals surface area contributed by atoms with Crippen LogP contribution in [0.3, 0.4) is 0 Å². The summed E-state index contributed by atoms with van der Waals surface area (Å²) in [7, 11) is 0. The Hall–Kier alpha value is -3.98. The topological polar surface area (TPSA) is 0 Å². The summed E-state index contributed by atoms with van der Waals surface area (Å²) >= 11 is 3.69. The van der Waals surface area contributed by atoms with E-state index in [1.807, 2.05) is 22.7 Å². The maximum atomic E-state index is 2.28. The second-order valence-corrected chi connectivity index (χ2v) is 11.9. The molecule has 0 aliphatic carbocycles. The van der Waals surface area contributed by atoms with Crippen molar-refractivity contribution in [3.63, 3.8) is 0 Å². The molecule has 184 valence electrons. The molecule has 6 rings (SSSR count). The highest BCUT2D eigenvalue weighted by Gasteiger charge is 2.03. The van der Waals surface area contributed by atoms with Crippen molar-refractivity contribution >= 4 is 79.3 Å². The van der Waals surface area contributed by atoms with Gasteiger partial charge in [-0.15, -0.1) is 22.7 Å². The van der Waals surface area contributed by atoms with Crippen molar-refractivity contribution in [1.29, 1.82) is 0 Å². The molecule has 4 aromatic carbocycles. The summed E-state index contributed by atoms with van der Waals surface area (Å²) in [6, 6.07) is 35.2. The van der Waals surface area contributed by atoms with Gasteiger partial charge in [0, 0.05) is 19.2 Å². The summed E-state index contributed by atoms with van der Waals surface area (Å²) in [6.45, 7) is 4.24. The van der Waals surface area contributed by atoms with E-state index in [4.69, 9.17) is 0 Å². The average Bonchev–Trinajstić information content (AvgIpc) is 3.54. The van der Waals surface area contributed by atoms with Crippen LogP contribution in [0.15, 0.2) is 97.1 Å². The van der Waals surface area contributed by atoms with Gasteiger partial charge in [-0.05, 0) is 83.3 Å². The Bertz CT molecular complexity index is 1670.